The number of hydrogen-bond acceptors (Lipinski definition) is 4. The van der Waals surface area contributed by atoms with Crippen LogP contribution in [0.5, 0.6) is 0 Å². The van der Waals surface area contributed by atoms with Gasteiger partial charge in [0.05, 0.1) is 0 Å². The highest BCUT2D eigenvalue weighted by Gasteiger charge is 2.32. The van der Waals surface area contributed by atoms with Gasteiger partial charge >= 0.3 is 0 Å². The average Bonchev–Trinajstić information content (AvgIpc) is 2.36. The molecule has 0 aromatic carbocycles. The minimum atomic E-state index is -0.0349. The Labute approximate surface area is 76.4 Å². The fourth-order valence-electron chi connectivity index (χ4n) is 1.21. The number of carbonyl (C=O) groups is 1. The summed E-state index contributed by atoms with van der Waals surface area (Å²) >= 11 is 1.69. The van der Waals surface area contributed by atoms with Crippen LogP contribution in [0, 0.1) is 0 Å². The van der Waals surface area contributed by atoms with Gasteiger partial charge in [-0.15, -0.1) is 0 Å². The summed E-state index contributed by atoms with van der Waals surface area (Å²) in [5, 5.41) is 2.77. The lowest BCUT2D eigenvalue weighted by atomic mass is 10.1. The van der Waals surface area contributed by atoms with Gasteiger partial charge in [0.25, 0.3) is 0 Å². The van der Waals surface area contributed by atoms with E-state index in [4.69, 9.17) is 11.5 Å². The van der Waals surface area contributed by atoms with E-state index in [0.29, 0.717) is 6.42 Å². The quantitative estimate of drug-likeness (QED) is 0.514. The molecular formula is C7H15N3OS. The van der Waals surface area contributed by atoms with Gasteiger partial charge in [-0.3, -0.25) is 4.79 Å². The molecule has 1 heterocycles. The Bertz CT molecular complexity index is 176. The molecule has 0 saturated carbocycles. The van der Waals surface area contributed by atoms with Crippen LogP contribution in [-0.4, -0.2) is 36.0 Å². The highest BCUT2D eigenvalue weighted by molar-refractivity contribution is 8.00. The molecule has 0 spiro atoms. The SMILES string of the molecule is CNC(=O)CC1SCC(N)C1N. The normalized spacial score (nSPS) is 35.1. The van der Waals surface area contributed by atoms with E-state index in [-0.39, 0.29) is 23.2 Å². The molecule has 1 amide bonds. The van der Waals surface area contributed by atoms with Crippen molar-refractivity contribution in [3.05, 3.63) is 0 Å². The van der Waals surface area contributed by atoms with Crippen LogP contribution in [0.25, 0.3) is 0 Å². The first kappa shape index (κ1) is 9.83. The zero-order valence-electron chi connectivity index (χ0n) is 7.12. The van der Waals surface area contributed by atoms with Crippen LogP contribution in [0.3, 0.4) is 0 Å². The zero-order valence-corrected chi connectivity index (χ0v) is 7.93. The Balaban J connectivity index is 2.38. The standard InChI is InChI=1S/C7H15N3OS/c1-10-6(11)2-5-7(9)4(8)3-12-5/h4-5,7H,2-3,8-9H2,1H3,(H,10,11). The van der Waals surface area contributed by atoms with Crippen LogP contribution < -0.4 is 16.8 Å². The monoisotopic (exact) mass is 189 g/mol. The van der Waals surface area contributed by atoms with Crippen molar-refractivity contribution in [2.24, 2.45) is 11.5 Å². The van der Waals surface area contributed by atoms with Gasteiger partial charge in [-0.1, -0.05) is 0 Å². The van der Waals surface area contributed by atoms with E-state index in [9.17, 15) is 4.79 Å². The van der Waals surface area contributed by atoms with Gasteiger partial charge in [-0.2, -0.15) is 11.8 Å². The van der Waals surface area contributed by atoms with Crippen molar-refractivity contribution in [2.45, 2.75) is 23.8 Å². The predicted molar refractivity (Wildman–Crippen MR) is 50.9 cm³/mol. The summed E-state index contributed by atoms with van der Waals surface area (Å²) in [6, 6.07) is 0.0111. The Hall–Kier alpha value is -0.260. The Morgan fingerprint density at radius 3 is 2.75 bits per heavy atom. The maximum atomic E-state index is 11.0. The molecule has 1 aliphatic rings. The second-order valence-electron chi connectivity index (χ2n) is 2.99. The Morgan fingerprint density at radius 1 is 1.67 bits per heavy atom. The van der Waals surface area contributed by atoms with Crippen molar-refractivity contribution >= 4 is 17.7 Å². The molecule has 1 saturated heterocycles. The van der Waals surface area contributed by atoms with Gasteiger partial charge in [-0.05, 0) is 0 Å². The largest absolute Gasteiger partial charge is 0.359 e. The van der Waals surface area contributed by atoms with Crippen LogP contribution in [0.2, 0.25) is 0 Å². The molecular weight excluding hydrogens is 174 g/mol. The molecule has 3 unspecified atom stereocenters. The van der Waals surface area contributed by atoms with Crippen LogP contribution in [0.4, 0.5) is 0 Å². The molecule has 1 aliphatic heterocycles. The third kappa shape index (κ3) is 2.12. The van der Waals surface area contributed by atoms with E-state index >= 15 is 0 Å². The van der Waals surface area contributed by atoms with Crippen LogP contribution in [-0.2, 0) is 4.79 Å². The van der Waals surface area contributed by atoms with Crippen molar-refractivity contribution in [3.63, 3.8) is 0 Å². The van der Waals surface area contributed by atoms with Gasteiger partial charge in [0, 0.05) is 36.6 Å². The fourth-order valence-corrected chi connectivity index (χ4v) is 2.60. The van der Waals surface area contributed by atoms with E-state index in [0.717, 1.165) is 5.75 Å². The molecule has 5 N–H and O–H groups in total. The third-order valence-electron chi connectivity index (χ3n) is 2.09. The van der Waals surface area contributed by atoms with Gasteiger partial charge < -0.3 is 16.8 Å². The van der Waals surface area contributed by atoms with E-state index in [2.05, 4.69) is 5.32 Å². The lowest BCUT2D eigenvalue weighted by Gasteiger charge is -2.15. The van der Waals surface area contributed by atoms with Crippen molar-refractivity contribution in [3.8, 4) is 0 Å². The maximum absolute atomic E-state index is 11.0. The molecule has 0 aliphatic carbocycles. The smallest absolute Gasteiger partial charge is 0.220 e. The molecule has 0 bridgehead atoms. The second kappa shape index (κ2) is 4.11. The molecule has 70 valence electrons. The number of hydrogen-bond donors (Lipinski definition) is 3. The van der Waals surface area contributed by atoms with Gasteiger partial charge in [-0.25, -0.2) is 0 Å². The third-order valence-corrected chi connectivity index (χ3v) is 3.58. The second-order valence-corrected chi connectivity index (χ2v) is 4.26. The Kier molecular flexibility index (Phi) is 3.37. The van der Waals surface area contributed by atoms with E-state index < -0.39 is 0 Å². The van der Waals surface area contributed by atoms with Crippen molar-refractivity contribution in [1.29, 1.82) is 0 Å². The predicted octanol–water partition coefficient (Wildman–Crippen LogP) is -1.11. The number of thioether (sulfide) groups is 1. The molecule has 1 rings (SSSR count). The zero-order chi connectivity index (χ0) is 9.14. The molecule has 3 atom stereocenters. The van der Waals surface area contributed by atoms with E-state index in [1.54, 1.807) is 18.8 Å². The summed E-state index contributed by atoms with van der Waals surface area (Å²) in [4.78, 5) is 11.0. The van der Waals surface area contributed by atoms with Crippen molar-refractivity contribution < 1.29 is 4.79 Å². The highest BCUT2D eigenvalue weighted by Crippen LogP contribution is 2.27. The van der Waals surface area contributed by atoms with Crippen LogP contribution in [0.15, 0.2) is 0 Å². The lowest BCUT2D eigenvalue weighted by Crippen LogP contribution is -2.44. The summed E-state index contributed by atoms with van der Waals surface area (Å²) in [7, 11) is 1.63. The lowest BCUT2D eigenvalue weighted by molar-refractivity contribution is -0.120. The summed E-state index contributed by atoms with van der Waals surface area (Å²) in [6.07, 6.45) is 0.482. The molecule has 0 aromatic rings. The molecule has 0 radical (unpaired) electrons. The fraction of sp³-hybridized carbons (Fsp3) is 0.857. The van der Waals surface area contributed by atoms with Gasteiger partial charge in [0.15, 0.2) is 0 Å². The topological polar surface area (TPSA) is 81.1 Å². The minimum Gasteiger partial charge on any atom is -0.359 e. The first-order valence-electron chi connectivity index (χ1n) is 3.98. The van der Waals surface area contributed by atoms with Crippen LogP contribution >= 0.6 is 11.8 Å². The number of rotatable bonds is 2. The summed E-state index contributed by atoms with van der Waals surface area (Å²) < 4.78 is 0. The van der Waals surface area contributed by atoms with Crippen LogP contribution in [0.1, 0.15) is 6.42 Å². The molecule has 12 heavy (non-hydrogen) atoms. The summed E-state index contributed by atoms with van der Waals surface area (Å²) in [6.45, 7) is 0. The highest BCUT2D eigenvalue weighted by atomic mass is 32.2. The van der Waals surface area contributed by atoms with Gasteiger partial charge in [0.1, 0.15) is 0 Å². The number of amides is 1. The maximum Gasteiger partial charge on any atom is 0.220 e. The summed E-state index contributed by atoms with van der Waals surface area (Å²) in [5.74, 6) is 0.903. The Morgan fingerprint density at radius 2 is 2.33 bits per heavy atom. The van der Waals surface area contributed by atoms with Gasteiger partial charge in [0.2, 0.25) is 5.91 Å². The molecule has 4 nitrogen and oxygen atoms in total. The first-order valence-corrected chi connectivity index (χ1v) is 5.03. The molecule has 1 fully saturated rings. The number of nitrogens with one attached hydrogen (secondary N) is 1. The van der Waals surface area contributed by atoms with Crippen molar-refractivity contribution in [2.75, 3.05) is 12.8 Å². The molecule has 0 aromatic heterocycles. The summed E-state index contributed by atoms with van der Waals surface area (Å²) in [5.41, 5.74) is 11.5. The minimum absolute atomic E-state index is 0.0349. The van der Waals surface area contributed by atoms with E-state index in [1.807, 2.05) is 0 Å². The average molecular weight is 189 g/mol. The number of carbonyl (C=O) groups excluding carboxylic acids is 1. The van der Waals surface area contributed by atoms with E-state index in [1.165, 1.54) is 0 Å². The number of nitrogens with two attached hydrogens (primary N) is 2. The van der Waals surface area contributed by atoms with Crippen molar-refractivity contribution in [1.82, 2.24) is 5.32 Å². The molecule has 5 heteroatoms. The first-order chi connectivity index (χ1) is 5.65.